The van der Waals surface area contributed by atoms with Gasteiger partial charge in [-0.25, -0.2) is 23.9 Å². The zero-order chi connectivity index (χ0) is 25.5. The number of fused-ring (bicyclic) bond motifs is 1. The third-order valence-corrected chi connectivity index (χ3v) is 5.41. The Morgan fingerprint density at radius 3 is 2.69 bits per heavy atom. The Balaban J connectivity index is 0.000000281. The van der Waals surface area contributed by atoms with Crippen molar-refractivity contribution in [3.63, 3.8) is 0 Å². The lowest BCUT2D eigenvalue weighted by atomic mass is 10.1. The van der Waals surface area contributed by atoms with Crippen LogP contribution in [-0.4, -0.2) is 70.7 Å². The number of hydrogen-bond donors (Lipinski definition) is 5. The average molecular weight is 512 g/mol. The lowest BCUT2D eigenvalue weighted by Crippen LogP contribution is -2.36. The first kappa shape index (κ1) is 26.3. The highest BCUT2D eigenvalue weighted by atomic mass is 32.1. The molecule has 0 radical (unpaired) electrons. The minimum absolute atomic E-state index is 0.177. The molecule has 35 heavy (non-hydrogen) atoms. The Morgan fingerprint density at radius 2 is 2.03 bits per heavy atom. The second-order valence-electron chi connectivity index (χ2n) is 7.64. The van der Waals surface area contributed by atoms with Crippen LogP contribution in [0.1, 0.15) is 39.3 Å². The van der Waals surface area contributed by atoms with Gasteiger partial charge in [0.1, 0.15) is 17.7 Å². The number of nitrogens with one attached hydrogen (secondary N) is 3. The van der Waals surface area contributed by atoms with Crippen LogP contribution in [0.3, 0.4) is 0 Å². The van der Waals surface area contributed by atoms with E-state index in [0.29, 0.717) is 11.1 Å². The summed E-state index contributed by atoms with van der Waals surface area (Å²) in [6.07, 6.45) is 0.864. The van der Waals surface area contributed by atoms with Gasteiger partial charge in [-0.05, 0) is 13.3 Å². The Bertz CT molecular complexity index is 1260. The fourth-order valence-corrected chi connectivity index (χ4v) is 3.41. The zero-order valence-corrected chi connectivity index (χ0v) is 19.8. The predicted molar refractivity (Wildman–Crippen MR) is 124 cm³/mol. The monoisotopic (exact) mass is 511 g/mol. The molecule has 0 bridgehead atoms. The van der Waals surface area contributed by atoms with Gasteiger partial charge in [-0.15, -0.1) is 0 Å². The van der Waals surface area contributed by atoms with Crippen molar-refractivity contribution in [3.05, 3.63) is 39.8 Å². The number of aliphatic hydroxyl groups is 2. The largest absolute Gasteiger partial charge is 0.449 e. The molecule has 0 saturated carbocycles. The zero-order valence-electron chi connectivity index (χ0n) is 19.0. The van der Waals surface area contributed by atoms with Crippen molar-refractivity contribution in [1.29, 1.82) is 0 Å². The number of ether oxygens (including phenoxy) is 2. The third kappa shape index (κ3) is 6.45. The minimum atomic E-state index is -1.41. The summed E-state index contributed by atoms with van der Waals surface area (Å²) in [7, 11) is 0. The van der Waals surface area contributed by atoms with Crippen LogP contribution >= 0.6 is 12.2 Å². The Kier molecular flexibility index (Phi) is 8.97. The molecule has 0 aromatic carbocycles. The van der Waals surface area contributed by atoms with Crippen LogP contribution < -0.4 is 11.0 Å². The molecule has 4 rings (SSSR count). The number of rotatable bonds is 6. The molecule has 5 N–H and O–H groups in total. The van der Waals surface area contributed by atoms with Crippen molar-refractivity contribution in [2.24, 2.45) is 0 Å². The number of nitrogens with zero attached hydrogens (tertiary/aromatic N) is 4. The maximum Gasteiger partial charge on any atom is 0.412 e. The summed E-state index contributed by atoms with van der Waals surface area (Å²) in [5.74, 6) is -1.59. The first-order valence-electron chi connectivity index (χ1n) is 10.8. The highest BCUT2D eigenvalue weighted by molar-refractivity contribution is 7.71. The number of aromatic nitrogens is 6. The molecule has 1 fully saturated rings. The molecule has 4 atom stereocenters. The van der Waals surface area contributed by atoms with E-state index >= 15 is 0 Å². The van der Waals surface area contributed by atoms with Crippen molar-refractivity contribution in [1.82, 2.24) is 29.5 Å². The molecular weight excluding hydrogens is 485 g/mol. The van der Waals surface area contributed by atoms with E-state index < -0.39 is 48.0 Å². The smallest absolute Gasteiger partial charge is 0.412 e. The van der Waals surface area contributed by atoms with Gasteiger partial charge < -0.3 is 29.7 Å². The van der Waals surface area contributed by atoms with Crippen LogP contribution in [-0.2, 0) is 9.47 Å². The number of imidazole rings is 1. The minimum Gasteiger partial charge on any atom is -0.449 e. The van der Waals surface area contributed by atoms with Gasteiger partial charge in [-0.3, -0.25) is 9.88 Å². The highest BCUT2D eigenvalue weighted by Crippen LogP contribution is 2.28. The topological polar surface area (TPSA) is 180 Å². The molecule has 1 amide bonds. The number of aliphatic hydroxyl groups excluding tert-OH is 2. The van der Waals surface area contributed by atoms with Crippen molar-refractivity contribution in [2.75, 3.05) is 11.9 Å². The molecule has 0 unspecified atom stereocenters. The molecule has 3 aromatic rings. The number of aromatic amines is 2. The Hall–Kier alpha value is -3.27. The average Bonchev–Trinajstić information content (AvgIpc) is 3.41. The van der Waals surface area contributed by atoms with Gasteiger partial charge in [0.05, 0.1) is 31.6 Å². The number of halogens is 1. The van der Waals surface area contributed by atoms with Crippen molar-refractivity contribution < 1.29 is 28.9 Å². The van der Waals surface area contributed by atoms with E-state index in [1.54, 1.807) is 6.33 Å². The molecule has 0 aliphatic carbocycles. The van der Waals surface area contributed by atoms with E-state index in [1.807, 2.05) is 6.92 Å². The quantitative estimate of drug-likeness (QED) is 0.242. The number of hydrogen-bond acceptors (Lipinski definition) is 10. The lowest BCUT2D eigenvalue weighted by molar-refractivity contribution is -0.0355. The maximum absolute atomic E-state index is 14.1. The number of amides is 1. The highest BCUT2D eigenvalue weighted by Gasteiger charge is 2.42. The molecule has 0 spiro atoms. The first-order chi connectivity index (χ1) is 16.7. The molecular formula is C20H26FN7O6S. The first-order valence-corrected chi connectivity index (χ1v) is 11.2. The maximum atomic E-state index is 14.1. The van der Waals surface area contributed by atoms with E-state index in [9.17, 15) is 24.2 Å². The lowest BCUT2D eigenvalue weighted by Gasteiger charge is -2.17. The summed E-state index contributed by atoms with van der Waals surface area (Å²) < 4.78 is 25.5. The van der Waals surface area contributed by atoms with Gasteiger partial charge in [-0.2, -0.15) is 4.98 Å². The van der Waals surface area contributed by atoms with Gasteiger partial charge in [0, 0.05) is 0 Å². The van der Waals surface area contributed by atoms with Crippen LogP contribution in [0, 0.1) is 10.5 Å². The normalized spacial score (nSPS) is 21.4. The van der Waals surface area contributed by atoms with Crippen molar-refractivity contribution >= 4 is 35.3 Å². The van der Waals surface area contributed by atoms with Crippen LogP contribution in [0.15, 0.2) is 23.6 Å². The van der Waals surface area contributed by atoms with E-state index in [1.165, 1.54) is 13.3 Å². The summed E-state index contributed by atoms with van der Waals surface area (Å²) in [6, 6.07) is 0. The van der Waals surface area contributed by atoms with Crippen LogP contribution in [0.2, 0.25) is 0 Å². The van der Waals surface area contributed by atoms with E-state index in [0.717, 1.165) is 34.8 Å². The standard InChI is InChI=1S/C15H22FN3O6.C5H4N4S/c1-3-4-5-6-24-15(23)18-12-9(16)7-19(14(22)17-12)13-11(21)10(20)8(2)25-13;10-5-3-4(7-1-6-3)8-2-9-5/h7-8,10-11,13,20-21H,3-6H2,1-2H3,(H,17,18,22,23);1-2H,(H2,6,7,8,9,10)/t8-,10-,11-,13-;/m1./s1. The number of carbonyl (C=O) groups is 1. The Morgan fingerprint density at radius 1 is 1.29 bits per heavy atom. The van der Waals surface area contributed by atoms with Crippen LogP contribution in [0.5, 0.6) is 0 Å². The summed E-state index contributed by atoms with van der Waals surface area (Å²) >= 11 is 4.91. The number of unbranched alkanes of at least 4 members (excludes halogenated alkanes) is 2. The van der Waals surface area contributed by atoms with E-state index in [2.05, 4.69) is 30.2 Å². The molecule has 13 nitrogen and oxygen atoms in total. The number of carbonyl (C=O) groups excluding carboxylic acids is 1. The summed E-state index contributed by atoms with van der Waals surface area (Å²) in [5, 5.41) is 21.6. The molecule has 1 aliphatic rings. The molecule has 1 aliphatic heterocycles. The molecule has 15 heteroatoms. The van der Waals surface area contributed by atoms with Gasteiger partial charge in [0.15, 0.2) is 28.2 Å². The molecule has 4 heterocycles. The van der Waals surface area contributed by atoms with Gasteiger partial charge in [0.25, 0.3) is 0 Å². The molecule has 1 saturated heterocycles. The van der Waals surface area contributed by atoms with E-state index in [-0.39, 0.29) is 6.61 Å². The SMILES string of the molecule is CCCCCOC(=O)Nc1nc(=O)n([C@@H]2O[C@H](C)[C@@H](O)[C@H]2O)cc1F.S=c1nc[nH]c2nc[nH]c12. The molecule has 190 valence electrons. The fourth-order valence-electron chi connectivity index (χ4n) is 3.21. The molecule has 3 aromatic heterocycles. The summed E-state index contributed by atoms with van der Waals surface area (Å²) in [4.78, 5) is 40.6. The number of anilines is 1. The van der Waals surface area contributed by atoms with Crippen LogP contribution in [0.25, 0.3) is 11.2 Å². The van der Waals surface area contributed by atoms with E-state index in [4.69, 9.17) is 21.7 Å². The van der Waals surface area contributed by atoms with Crippen LogP contribution in [0.4, 0.5) is 15.0 Å². The summed E-state index contributed by atoms with van der Waals surface area (Å²) in [5.41, 5.74) is 0.588. The van der Waals surface area contributed by atoms with Gasteiger partial charge >= 0.3 is 11.8 Å². The predicted octanol–water partition coefficient (Wildman–Crippen LogP) is 1.78. The third-order valence-electron chi connectivity index (χ3n) is 5.10. The van der Waals surface area contributed by atoms with Gasteiger partial charge in [0.2, 0.25) is 0 Å². The summed E-state index contributed by atoms with van der Waals surface area (Å²) in [6.45, 7) is 3.68. The fraction of sp³-hybridized carbons (Fsp3) is 0.500. The second-order valence-corrected chi connectivity index (χ2v) is 8.03. The van der Waals surface area contributed by atoms with Crippen molar-refractivity contribution in [3.8, 4) is 0 Å². The van der Waals surface area contributed by atoms with Crippen molar-refractivity contribution in [2.45, 2.75) is 57.6 Å². The second kappa shape index (κ2) is 11.9. The Labute approximate surface area is 203 Å². The van der Waals surface area contributed by atoms with Gasteiger partial charge in [-0.1, -0.05) is 32.0 Å². The number of H-pyrrole nitrogens is 2.